The first-order valence-corrected chi connectivity index (χ1v) is 7.25. The van der Waals surface area contributed by atoms with Crippen LogP contribution in [0.15, 0.2) is 29.4 Å². The fourth-order valence-electron chi connectivity index (χ4n) is 2.47. The van der Waals surface area contributed by atoms with Crippen molar-refractivity contribution in [3.8, 4) is 0 Å². The summed E-state index contributed by atoms with van der Waals surface area (Å²) >= 11 is 0. The summed E-state index contributed by atoms with van der Waals surface area (Å²) in [6, 6.07) is 5.92. The lowest BCUT2D eigenvalue weighted by Gasteiger charge is -2.21. The first kappa shape index (κ1) is 14.8. The van der Waals surface area contributed by atoms with Crippen molar-refractivity contribution < 1.29 is 4.74 Å². The molecule has 0 saturated carbocycles. The predicted molar refractivity (Wildman–Crippen MR) is 80.6 cm³/mol. The molecule has 5 nitrogen and oxygen atoms in total. The van der Waals surface area contributed by atoms with Gasteiger partial charge in [-0.25, -0.2) is 4.99 Å². The van der Waals surface area contributed by atoms with E-state index >= 15 is 0 Å². The van der Waals surface area contributed by atoms with Crippen molar-refractivity contribution in [3.63, 3.8) is 0 Å². The standard InChI is InChI=1S/C15H24N4O/c1-3-16-15(18-10-14-6-4-5-8-17-14)19-9-7-13(11-19)12-20-2/h4-6,8,13H,3,7,9-12H2,1-2H3,(H,16,18). The average Bonchev–Trinajstić information content (AvgIpc) is 2.93. The predicted octanol–water partition coefficient (Wildman–Crippen LogP) is 1.52. The van der Waals surface area contributed by atoms with Gasteiger partial charge in [-0.3, -0.25) is 4.98 Å². The number of rotatable bonds is 5. The van der Waals surface area contributed by atoms with Gasteiger partial charge in [0, 0.05) is 38.9 Å². The summed E-state index contributed by atoms with van der Waals surface area (Å²) in [4.78, 5) is 11.3. The Bertz CT molecular complexity index is 421. The third-order valence-electron chi connectivity index (χ3n) is 3.44. The molecule has 0 radical (unpaired) electrons. The Morgan fingerprint density at radius 2 is 2.45 bits per heavy atom. The topological polar surface area (TPSA) is 49.8 Å². The van der Waals surface area contributed by atoms with E-state index in [1.165, 1.54) is 6.42 Å². The second-order valence-electron chi connectivity index (χ2n) is 5.05. The minimum Gasteiger partial charge on any atom is -0.384 e. The van der Waals surface area contributed by atoms with Crippen LogP contribution < -0.4 is 5.32 Å². The van der Waals surface area contributed by atoms with Crippen LogP contribution in [0.25, 0.3) is 0 Å². The van der Waals surface area contributed by atoms with E-state index < -0.39 is 0 Å². The van der Waals surface area contributed by atoms with E-state index in [2.05, 4.69) is 27.1 Å². The van der Waals surface area contributed by atoms with Crippen molar-refractivity contribution >= 4 is 5.96 Å². The molecule has 1 aliphatic heterocycles. The van der Waals surface area contributed by atoms with Gasteiger partial charge in [0.2, 0.25) is 0 Å². The molecular weight excluding hydrogens is 252 g/mol. The Hall–Kier alpha value is -1.62. The van der Waals surface area contributed by atoms with E-state index in [4.69, 9.17) is 4.74 Å². The molecule has 110 valence electrons. The monoisotopic (exact) mass is 276 g/mol. The zero-order valence-corrected chi connectivity index (χ0v) is 12.4. The highest BCUT2D eigenvalue weighted by molar-refractivity contribution is 5.80. The van der Waals surface area contributed by atoms with Gasteiger partial charge in [0.1, 0.15) is 0 Å². The summed E-state index contributed by atoms with van der Waals surface area (Å²) in [6.07, 6.45) is 2.98. The van der Waals surface area contributed by atoms with Gasteiger partial charge < -0.3 is 15.0 Å². The van der Waals surface area contributed by atoms with Crippen molar-refractivity contribution in [1.29, 1.82) is 0 Å². The molecule has 0 aromatic carbocycles. The molecule has 0 spiro atoms. The van der Waals surface area contributed by atoms with E-state index in [1.807, 2.05) is 24.4 Å². The lowest BCUT2D eigenvalue weighted by Crippen LogP contribution is -2.40. The Morgan fingerprint density at radius 1 is 1.55 bits per heavy atom. The van der Waals surface area contributed by atoms with E-state index in [0.29, 0.717) is 12.5 Å². The molecule has 1 atom stereocenters. The molecule has 1 fully saturated rings. The van der Waals surface area contributed by atoms with Gasteiger partial charge in [-0.15, -0.1) is 0 Å². The summed E-state index contributed by atoms with van der Waals surface area (Å²) < 4.78 is 5.25. The van der Waals surface area contributed by atoms with Crippen LogP contribution in [-0.2, 0) is 11.3 Å². The first-order chi connectivity index (χ1) is 9.83. The highest BCUT2D eigenvalue weighted by Crippen LogP contribution is 2.16. The zero-order chi connectivity index (χ0) is 14.2. The summed E-state index contributed by atoms with van der Waals surface area (Å²) in [5.74, 6) is 1.59. The number of ether oxygens (including phenoxy) is 1. The van der Waals surface area contributed by atoms with Crippen LogP contribution in [0.2, 0.25) is 0 Å². The molecule has 20 heavy (non-hydrogen) atoms. The summed E-state index contributed by atoms with van der Waals surface area (Å²) in [5.41, 5.74) is 0.996. The molecule has 2 heterocycles. The Morgan fingerprint density at radius 3 is 3.15 bits per heavy atom. The normalized spacial score (nSPS) is 19.4. The quantitative estimate of drug-likeness (QED) is 0.654. The number of pyridine rings is 1. The van der Waals surface area contributed by atoms with E-state index in [1.54, 1.807) is 7.11 Å². The van der Waals surface area contributed by atoms with Crippen LogP contribution in [0.4, 0.5) is 0 Å². The Kier molecular flexibility index (Phi) is 5.80. The van der Waals surface area contributed by atoms with Crippen LogP contribution in [0, 0.1) is 5.92 Å². The van der Waals surface area contributed by atoms with E-state index in [-0.39, 0.29) is 0 Å². The minimum atomic E-state index is 0.610. The van der Waals surface area contributed by atoms with Crippen LogP contribution in [0.1, 0.15) is 19.0 Å². The highest BCUT2D eigenvalue weighted by atomic mass is 16.5. The van der Waals surface area contributed by atoms with Crippen molar-refractivity contribution in [2.45, 2.75) is 19.9 Å². The van der Waals surface area contributed by atoms with E-state index in [9.17, 15) is 0 Å². The van der Waals surface area contributed by atoms with Crippen LogP contribution in [-0.4, -0.2) is 49.2 Å². The SMILES string of the molecule is CCNC(=NCc1ccccn1)N1CCC(COC)C1. The van der Waals surface area contributed by atoms with Crippen molar-refractivity contribution in [2.75, 3.05) is 33.4 Å². The second-order valence-corrected chi connectivity index (χ2v) is 5.05. The van der Waals surface area contributed by atoms with Crippen LogP contribution in [0.5, 0.6) is 0 Å². The molecule has 0 aliphatic carbocycles. The number of guanidine groups is 1. The zero-order valence-electron chi connectivity index (χ0n) is 12.4. The first-order valence-electron chi connectivity index (χ1n) is 7.25. The molecule has 1 aromatic rings. The maximum Gasteiger partial charge on any atom is 0.194 e. The number of nitrogens with one attached hydrogen (secondary N) is 1. The molecule has 0 bridgehead atoms. The lowest BCUT2D eigenvalue weighted by molar-refractivity contribution is 0.157. The van der Waals surface area contributed by atoms with Gasteiger partial charge in [0.25, 0.3) is 0 Å². The summed E-state index contributed by atoms with van der Waals surface area (Å²) in [5, 5.41) is 3.36. The molecule has 0 amide bonds. The maximum atomic E-state index is 5.25. The minimum absolute atomic E-state index is 0.610. The molecule has 1 aliphatic rings. The summed E-state index contributed by atoms with van der Waals surface area (Å²) in [7, 11) is 1.77. The van der Waals surface area contributed by atoms with Gasteiger partial charge in [-0.2, -0.15) is 0 Å². The van der Waals surface area contributed by atoms with Gasteiger partial charge in [0.15, 0.2) is 5.96 Å². The fraction of sp³-hybridized carbons (Fsp3) is 0.600. The van der Waals surface area contributed by atoms with Crippen molar-refractivity contribution in [1.82, 2.24) is 15.2 Å². The number of likely N-dealkylation sites (tertiary alicyclic amines) is 1. The maximum absolute atomic E-state index is 5.25. The average molecular weight is 276 g/mol. The largest absolute Gasteiger partial charge is 0.384 e. The number of methoxy groups -OCH3 is 1. The molecule has 2 rings (SSSR count). The number of aliphatic imine (C=N–C) groups is 1. The third kappa shape index (κ3) is 4.20. The second kappa shape index (κ2) is 7.85. The Balaban J connectivity index is 1.96. The highest BCUT2D eigenvalue weighted by Gasteiger charge is 2.24. The van der Waals surface area contributed by atoms with Gasteiger partial charge in [-0.05, 0) is 25.5 Å². The molecule has 5 heteroatoms. The Labute approximate surface area is 121 Å². The number of hydrogen-bond donors (Lipinski definition) is 1. The smallest absolute Gasteiger partial charge is 0.194 e. The van der Waals surface area contributed by atoms with Crippen LogP contribution >= 0.6 is 0 Å². The fourth-order valence-corrected chi connectivity index (χ4v) is 2.47. The van der Waals surface area contributed by atoms with Crippen LogP contribution in [0.3, 0.4) is 0 Å². The third-order valence-corrected chi connectivity index (χ3v) is 3.44. The summed E-state index contributed by atoms with van der Waals surface area (Å²) in [6.45, 7) is 6.49. The lowest BCUT2D eigenvalue weighted by atomic mass is 10.1. The number of hydrogen-bond acceptors (Lipinski definition) is 3. The van der Waals surface area contributed by atoms with Gasteiger partial charge in [0.05, 0.1) is 18.8 Å². The van der Waals surface area contributed by atoms with Gasteiger partial charge in [-0.1, -0.05) is 6.07 Å². The van der Waals surface area contributed by atoms with E-state index in [0.717, 1.165) is 37.9 Å². The van der Waals surface area contributed by atoms with Crippen molar-refractivity contribution in [2.24, 2.45) is 10.9 Å². The molecule has 1 unspecified atom stereocenters. The molecule has 1 saturated heterocycles. The number of nitrogens with zero attached hydrogens (tertiary/aromatic N) is 3. The van der Waals surface area contributed by atoms with Gasteiger partial charge >= 0.3 is 0 Å². The number of aromatic nitrogens is 1. The molecular formula is C15H24N4O. The molecule has 1 aromatic heterocycles. The molecule has 1 N–H and O–H groups in total. The van der Waals surface area contributed by atoms with Crippen molar-refractivity contribution in [3.05, 3.63) is 30.1 Å².